The van der Waals surface area contributed by atoms with Crippen molar-refractivity contribution >= 4 is 39.2 Å². The molecule has 0 radical (unpaired) electrons. The molecule has 0 aliphatic rings. The first kappa shape index (κ1) is 18.5. The van der Waals surface area contributed by atoms with Gasteiger partial charge in [-0.3, -0.25) is 9.59 Å². The number of aromatic amines is 1. The zero-order valence-corrected chi connectivity index (χ0v) is 16.3. The number of amides is 1. The Kier molecular flexibility index (Phi) is 5.33. The van der Waals surface area contributed by atoms with Crippen LogP contribution in [0.1, 0.15) is 18.9 Å². The van der Waals surface area contributed by atoms with Crippen LogP contribution in [0.25, 0.3) is 21.3 Å². The van der Waals surface area contributed by atoms with Gasteiger partial charge < -0.3 is 15.5 Å². The maximum absolute atomic E-state index is 12.7. The Bertz CT molecular complexity index is 1030. The lowest BCUT2D eigenvalue weighted by Gasteiger charge is -2.09. The maximum atomic E-state index is 12.7. The first-order valence-electron chi connectivity index (χ1n) is 8.07. The Hall–Kier alpha value is -2.32. The van der Waals surface area contributed by atoms with Crippen molar-refractivity contribution in [2.45, 2.75) is 30.7 Å². The number of carbonyl (C=O) groups excluding carboxylic acids is 1. The number of aromatic nitrogens is 2. The lowest BCUT2D eigenvalue weighted by molar-refractivity contribution is -0.117. The molecule has 1 aromatic carbocycles. The molecule has 0 bridgehead atoms. The van der Waals surface area contributed by atoms with Crippen LogP contribution >= 0.6 is 23.1 Å². The lowest BCUT2D eigenvalue weighted by atomic mass is 10.0. The van der Waals surface area contributed by atoms with E-state index in [9.17, 15) is 9.59 Å². The number of nitrogens with one attached hydrogen (secondary N) is 1. The molecule has 0 saturated carbocycles. The molecule has 0 spiro atoms. The highest BCUT2D eigenvalue weighted by molar-refractivity contribution is 8.00. The zero-order chi connectivity index (χ0) is 18.8. The second kappa shape index (κ2) is 7.51. The van der Waals surface area contributed by atoms with Gasteiger partial charge in [-0.05, 0) is 36.6 Å². The molecule has 26 heavy (non-hydrogen) atoms. The number of rotatable bonds is 6. The van der Waals surface area contributed by atoms with E-state index in [0.29, 0.717) is 21.8 Å². The Morgan fingerprint density at radius 2 is 2.23 bits per heavy atom. The van der Waals surface area contributed by atoms with Gasteiger partial charge in [-0.25, -0.2) is 4.98 Å². The van der Waals surface area contributed by atoms with Gasteiger partial charge in [0.1, 0.15) is 10.6 Å². The normalized spacial score (nSPS) is 12.3. The summed E-state index contributed by atoms with van der Waals surface area (Å²) >= 11 is 2.59. The third kappa shape index (κ3) is 3.47. The third-order valence-corrected chi connectivity index (χ3v) is 6.21. The standard InChI is InChI=1S/C18H19N3O3S2/c1-4-13(15(19)22)26-18-20-16(23)14-11(8-25-17(14)21-18)10-5-6-12(24-3)9(2)7-10/h5-8,13H,4H2,1-3H3,(H2,19,22)(H,20,21,23). The smallest absolute Gasteiger partial charge is 0.260 e. The Balaban J connectivity index is 2.04. The van der Waals surface area contributed by atoms with Gasteiger partial charge in [0.05, 0.1) is 17.7 Å². The minimum Gasteiger partial charge on any atom is -0.496 e. The number of nitrogens with zero attached hydrogens (tertiary/aromatic N) is 1. The highest BCUT2D eigenvalue weighted by Crippen LogP contribution is 2.34. The van der Waals surface area contributed by atoms with Crippen LogP contribution in [-0.2, 0) is 4.79 Å². The number of hydrogen-bond donors (Lipinski definition) is 2. The molecule has 2 heterocycles. The fourth-order valence-corrected chi connectivity index (χ4v) is 4.57. The van der Waals surface area contributed by atoms with E-state index < -0.39 is 11.2 Å². The quantitative estimate of drug-likeness (QED) is 0.498. The van der Waals surface area contributed by atoms with Crippen LogP contribution in [-0.4, -0.2) is 28.2 Å². The number of H-pyrrole nitrogens is 1. The summed E-state index contributed by atoms with van der Waals surface area (Å²) in [5.74, 6) is 0.386. The number of aryl methyl sites for hydroxylation is 1. The van der Waals surface area contributed by atoms with Crippen molar-refractivity contribution in [3.8, 4) is 16.9 Å². The van der Waals surface area contributed by atoms with Crippen molar-refractivity contribution in [2.24, 2.45) is 5.73 Å². The average molecular weight is 390 g/mol. The molecule has 1 unspecified atom stereocenters. The number of fused-ring (bicyclic) bond motifs is 1. The summed E-state index contributed by atoms with van der Waals surface area (Å²) in [7, 11) is 1.63. The Labute approximate surface area is 158 Å². The van der Waals surface area contributed by atoms with E-state index in [1.54, 1.807) is 7.11 Å². The molecular formula is C18H19N3O3S2. The topological polar surface area (TPSA) is 98.1 Å². The van der Waals surface area contributed by atoms with Gasteiger partial charge in [0, 0.05) is 10.9 Å². The number of hydrogen-bond acceptors (Lipinski definition) is 6. The second-order valence-electron chi connectivity index (χ2n) is 5.80. The molecule has 1 atom stereocenters. The SMILES string of the molecule is CCC(Sc1nc2scc(-c3ccc(OC)c(C)c3)c2c(=O)[nH]1)C(N)=O. The first-order chi connectivity index (χ1) is 12.4. The van der Waals surface area contributed by atoms with Gasteiger partial charge in [0.15, 0.2) is 5.16 Å². The van der Waals surface area contributed by atoms with E-state index in [-0.39, 0.29) is 5.56 Å². The number of methoxy groups -OCH3 is 1. The molecule has 3 N–H and O–H groups in total. The van der Waals surface area contributed by atoms with Crippen molar-refractivity contribution < 1.29 is 9.53 Å². The van der Waals surface area contributed by atoms with Gasteiger partial charge in [-0.1, -0.05) is 24.8 Å². The number of benzene rings is 1. The highest BCUT2D eigenvalue weighted by Gasteiger charge is 2.19. The van der Waals surface area contributed by atoms with E-state index in [1.807, 2.05) is 37.4 Å². The number of carbonyl (C=O) groups is 1. The second-order valence-corrected chi connectivity index (χ2v) is 7.85. The summed E-state index contributed by atoms with van der Waals surface area (Å²) in [6.07, 6.45) is 0.572. The minimum absolute atomic E-state index is 0.221. The monoisotopic (exact) mass is 389 g/mol. The number of nitrogens with two attached hydrogens (primary N) is 1. The van der Waals surface area contributed by atoms with Crippen LogP contribution < -0.4 is 16.0 Å². The van der Waals surface area contributed by atoms with Crippen LogP contribution in [0.2, 0.25) is 0 Å². The Morgan fingerprint density at radius 3 is 2.85 bits per heavy atom. The van der Waals surface area contributed by atoms with Gasteiger partial charge in [-0.2, -0.15) is 0 Å². The summed E-state index contributed by atoms with van der Waals surface area (Å²) in [6.45, 7) is 3.83. The number of thiophene rings is 1. The maximum Gasteiger partial charge on any atom is 0.260 e. The molecule has 136 valence electrons. The fourth-order valence-electron chi connectivity index (χ4n) is 2.72. The average Bonchev–Trinajstić information content (AvgIpc) is 3.03. The van der Waals surface area contributed by atoms with Crippen molar-refractivity contribution in [3.63, 3.8) is 0 Å². The van der Waals surface area contributed by atoms with Crippen LogP contribution in [0.3, 0.4) is 0 Å². The zero-order valence-electron chi connectivity index (χ0n) is 14.7. The van der Waals surface area contributed by atoms with Crippen molar-refractivity contribution in [2.75, 3.05) is 7.11 Å². The minimum atomic E-state index is -0.417. The van der Waals surface area contributed by atoms with Gasteiger partial charge >= 0.3 is 0 Å². The summed E-state index contributed by atoms with van der Waals surface area (Å²) in [6, 6.07) is 5.80. The molecule has 8 heteroatoms. The lowest BCUT2D eigenvalue weighted by Crippen LogP contribution is -2.25. The van der Waals surface area contributed by atoms with Crippen LogP contribution in [0.15, 0.2) is 33.5 Å². The van der Waals surface area contributed by atoms with E-state index in [0.717, 1.165) is 22.4 Å². The number of ether oxygens (including phenoxy) is 1. The summed E-state index contributed by atoms with van der Waals surface area (Å²) in [5.41, 5.74) is 7.92. The van der Waals surface area contributed by atoms with Crippen molar-refractivity contribution in [3.05, 3.63) is 39.5 Å². The third-order valence-electron chi connectivity index (χ3n) is 4.07. The highest BCUT2D eigenvalue weighted by atomic mass is 32.2. The van der Waals surface area contributed by atoms with E-state index >= 15 is 0 Å². The predicted molar refractivity (Wildman–Crippen MR) is 106 cm³/mol. The van der Waals surface area contributed by atoms with Crippen LogP contribution in [0, 0.1) is 6.92 Å². The van der Waals surface area contributed by atoms with Crippen LogP contribution in [0.4, 0.5) is 0 Å². The molecule has 3 rings (SSSR count). The molecule has 0 aliphatic carbocycles. The summed E-state index contributed by atoms with van der Waals surface area (Å²) in [4.78, 5) is 32.0. The molecule has 1 amide bonds. The summed E-state index contributed by atoms with van der Waals surface area (Å²) in [5, 5.41) is 2.47. The number of thioether (sulfide) groups is 1. The Morgan fingerprint density at radius 1 is 1.46 bits per heavy atom. The molecule has 6 nitrogen and oxygen atoms in total. The van der Waals surface area contributed by atoms with Gasteiger partial charge in [0.25, 0.3) is 5.56 Å². The van der Waals surface area contributed by atoms with E-state index in [1.165, 1.54) is 23.1 Å². The molecule has 3 aromatic rings. The predicted octanol–water partition coefficient (Wildman–Crippen LogP) is 3.32. The largest absolute Gasteiger partial charge is 0.496 e. The molecule has 0 aliphatic heterocycles. The first-order valence-corrected chi connectivity index (χ1v) is 9.83. The molecular weight excluding hydrogens is 370 g/mol. The molecule has 0 saturated heterocycles. The van der Waals surface area contributed by atoms with Crippen molar-refractivity contribution in [1.82, 2.24) is 9.97 Å². The van der Waals surface area contributed by atoms with Crippen LogP contribution in [0.5, 0.6) is 5.75 Å². The fraction of sp³-hybridized carbons (Fsp3) is 0.278. The molecule has 2 aromatic heterocycles. The summed E-state index contributed by atoms with van der Waals surface area (Å²) < 4.78 is 5.29. The van der Waals surface area contributed by atoms with Crippen molar-refractivity contribution in [1.29, 1.82) is 0 Å². The van der Waals surface area contributed by atoms with Gasteiger partial charge in [-0.15, -0.1) is 11.3 Å². The number of primary amides is 1. The van der Waals surface area contributed by atoms with E-state index in [4.69, 9.17) is 10.5 Å². The van der Waals surface area contributed by atoms with Gasteiger partial charge in [0.2, 0.25) is 5.91 Å². The van der Waals surface area contributed by atoms with E-state index in [2.05, 4.69) is 9.97 Å². The molecule has 0 fully saturated rings.